The summed E-state index contributed by atoms with van der Waals surface area (Å²) in [6.45, 7) is 2.49. The van der Waals surface area contributed by atoms with Gasteiger partial charge in [0.2, 0.25) is 10.0 Å². The number of hydrogen-bond donors (Lipinski definition) is 1. The van der Waals surface area contributed by atoms with E-state index in [0.29, 0.717) is 11.8 Å². The van der Waals surface area contributed by atoms with Crippen molar-refractivity contribution in [1.29, 1.82) is 0 Å². The van der Waals surface area contributed by atoms with E-state index < -0.39 is 10.0 Å². The highest BCUT2D eigenvalue weighted by atomic mass is 32.2. The number of sulfonamides is 1. The molecule has 2 bridgehead atoms. The fourth-order valence-electron chi connectivity index (χ4n) is 8.68. The molecular formula is C29H34N2O3S. The third kappa shape index (κ3) is 3.19. The van der Waals surface area contributed by atoms with E-state index in [1.165, 1.54) is 46.6 Å². The van der Waals surface area contributed by atoms with E-state index in [4.69, 9.17) is 4.74 Å². The summed E-state index contributed by atoms with van der Waals surface area (Å²) in [7, 11) is -3.23. The molecule has 184 valence electrons. The van der Waals surface area contributed by atoms with Gasteiger partial charge in [0.05, 0.1) is 17.5 Å². The number of pyridine rings is 1. The van der Waals surface area contributed by atoms with E-state index in [9.17, 15) is 8.42 Å². The molecular weight excluding hydrogens is 456 g/mol. The molecule has 0 radical (unpaired) electrons. The lowest BCUT2D eigenvalue weighted by atomic mass is 9.58. The number of allylic oxidation sites excluding steroid dienone is 1. The average molecular weight is 491 g/mol. The van der Waals surface area contributed by atoms with Crippen LogP contribution in [-0.4, -0.2) is 36.9 Å². The van der Waals surface area contributed by atoms with Crippen molar-refractivity contribution in [2.75, 3.05) is 6.26 Å². The number of nitrogens with one attached hydrogen (secondary N) is 1. The van der Waals surface area contributed by atoms with Gasteiger partial charge in [-0.25, -0.2) is 13.1 Å². The molecule has 0 amide bonds. The monoisotopic (exact) mass is 490 g/mol. The summed E-state index contributed by atoms with van der Waals surface area (Å²) >= 11 is 0. The standard InChI is InChI=1S/C29H34N2O3S/c1-27-11-9-23-16-22-5-6-24(31-35(2,32)33)17-28(22)12-13-29(23,34-28)26(27)8-7-25(27)20-4-3-19-10-14-30-18-21(19)15-20/h3-4,9-10,14-16,18,24-26,31H,5-8,11-13,17H2,1-2H3/t24?,25-,26-,27-,28-,29-/m1/s1. The molecule has 1 N–H and O–H groups in total. The molecule has 3 heterocycles. The molecule has 6 atom stereocenters. The topological polar surface area (TPSA) is 68.3 Å². The van der Waals surface area contributed by atoms with Gasteiger partial charge in [-0.05, 0) is 103 Å². The smallest absolute Gasteiger partial charge is 0.208 e. The summed E-state index contributed by atoms with van der Waals surface area (Å²) in [5, 5.41) is 2.46. The lowest BCUT2D eigenvalue weighted by Crippen LogP contribution is -2.55. The second kappa shape index (κ2) is 7.27. The summed E-state index contributed by atoms with van der Waals surface area (Å²) in [5.41, 5.74) is 3.85. The van der Waals surface area contributed by atoms with Crippen molar-refractivity contribution >= 4 is 20.8 Å². The Morgan fingerprint density at radius 1 is 1.11 bits per heavy atom. The van der Waals surface area contributed by atoms with Crippen LogP contribution in [-0.2, 0) is 14.8 Å². The van der Waals surface area contributed by atoms with Gasteiger partial charge in [0, 0.05) is 23.8 Å². The van der Waals surface area contributed by atoms with Gasteiger partial charge in [0.15, 0.2) is 0 Å². The van der Waals surface area contributed by atoms with Crippen molar-refractivity contribution in [3.8, 4) is 0 Å². The van der Waals surface area contributed by atoms with Crippen LogP contribution in [0.1, 0.15) is 69.8 Å². The molecule has 1 aromatic heterocycles. The van der Waals surface area contributed by atoms with Crippen LogP contribution in [0.15, 0.2) is 60.0 Å². The van der Waals surface area contributed by atoms with Crippen LogP contribution in [0.5, 0.6) is 0 Å². The van der Waals surface area contributed by atoms with E-state index >= 15 is 0 Å². The minimum atomic E-state index is -3.23. The van der Waals surface area contributed by atoms with Crippen molar-refractivity contribution in [2.24, 2.45) is 11.3 Å². The lowest BCUT2D eigenvalue weighted by molar-refractivity contribution is -0.135. The number of aromatic nitrogens is 1. The highest BCUT2D eigenvalue weighted by Gasteiger charge is 2.66. The zero-order valence-electron chi connectivity index (χ0n) is 20.6. The zero-order valence-corrected chi connectivity index (χ0v) is 21.4. The van der Waals surface area contributed by atoms with E-state index in [-0.39, 0.29) is 22.7 Å². The van der Waals surface area contributed by atoms with Crippen molar-refractivity contribution in [3.63, 3.8) is 0 Å². The predicted molar refractivity (Wildman–Crippen MR) is 137 cm³/mol. The Morgan fingerprint density at radius 3 is 2.86 bits per heavy atom. The Labute approximate surface area is 208 Å². The molecule has 1 unspecified atom stereocenters. The summed E-state index contributed by atoms with van der Waals surface area (Å²) < 4.78 is 34.1. The summed E-state index contributed by atoms with van der Waals surface area (Å²) in [6.07, 6.45) is 18.1. The average Bonchev–Trinajstić information content (AvgIpc) is 3.33. The van der Waals surface area contributed by atoms with Crippen molar-refractivity contribution < 1.29 is 13.2 Å². The minimum Gasteiger partial charge on any atom is -0.359 e. The maximum absolute atomic E-state index is 12.0. The second-order valence-electron chi connectivity index (χ2n) is 12.0. The predicted octanol–water partition coefficient (Wildman–Crippen LogP) is 5.39. The van der Waals surface area contributed by atoms with Crippen LogP contribution in [0.3, 0.4) is 0 Å². The molecule has 6 heteroatoms. The maximum atomic E-state index is 12.0. The molecule has 2 aliphatic heterocycles. The quantitative estimate of drug-likeness (QED) is 0.626. The molecule has 1 saturated heterocycles. The Bertz CT molecular complexity index is 1400. The first kappa shape index (κ1) is 22.2. The van der Waals surface area contributed by atoms with E-state index in [0.717, 1.165) is 38.5 Å². The SMILES string of the molecule is C[C@]12CC=C3C=C4CCC(NS(C)(=O)=O)C[C@]45CC[C@]3(O5)[C@@H]1CC[C@@H]2c1ccc2ccncc2c1. The molecule has 2 saturated carbocycles. The normalized spacial score (nSPS) is 40.0. The number of ether oxygens (including phenoxy) is 1. The third-order valence-corrected chi connectivity index (χ3v) is 10.9. The van der Waals surface area contributed by atoms with Crippen LogP contribution in [0, 0.1) is 11.3 Å². The molecule has 3 aliphatic carbocycles. The first-order valence-corrected chi connectivity index (χ1v) is 15.0. The summed E-state index contributed by atoms with van der Waals surface area (Å²) in [4.78, 5) is 4.35. The lowest BCUT2D eigenvalue weighted by Gasteiger charge is -2.54. The fourth-order valence-corrected chi connectivity index (χ4v) is 9.49. The first-order valence-electron chi connectivity index (χ1n) is 13.1. The van der Waals surface area contributed by atoms with Crippen LogP contribution in [0.2, 0.25) is 0 Å². The highest BCUT2D eigenvalue weighted by Crippen LogP contribution is 2.69. The Kier molecular flexibility index (Phi) is 4.61. The Balaban J connectivity index is 1.24. The summed E-state index contributed by atoms with van der Waals surface area (Å²) in [6, 6.07) is 8.98. The number of rotatable bonds is 3. The van der Waals surface area contributed by atoms with Gasteiger partial charge in [0.1, 0.15) is 0 Å². The second-order valence-corrected chi connectivity index (χ2v) is 13.8. The molecule has 3 fully saturated rings. The van der Waals surface area contributed by atoms with Gasteiger partial charge in [-0.15, -0.1) is 0 Å². The molecule has 35 heavy (non-hydrogen) atoms. The molecule has 2 spiro atoms. The highest BCUT2D eigenvalue weighted by molar-refractivity contribution is 7.88. The van der Waals surface area contributed by atoms with Crippen LogP contribution in [0.25, 0.3) is 10.8 Å². The van der Waals surface area contributed by atoms with Crippen molar-refractivity contribution in [3.05, 3.63) is 65.5 Å². The Morgan fingerprint density at radius 2 is 2.00 bits per heavy atom. The molecule has 2 aromatic rings. The van der Waals surface area contributed by atoms with Gasteiger partial charge in [0.25, 0.3) is 0 Å². The molecule has 7 rings (SSSR count). The van der Waals surface area contributed by atoms with Gasteiger partial charge < -0.3 is 4.74 Å². The first-order chi connectivity index (χ1) is 16.7. The van der Waals surface area contributed by atoms with E-state index in [1.807, 2.05) is 12.4 Å². The van der Waals surface area contributed by atoms with Crippen molar-refractivity contribution in [2.45, 2.75) is 81.5 Å². The minimum absolute atomic E-state index is 0.0414. The van der Waals surface area contributed by atoms with Gasteiger partial charge >= 0.3 is 0 Å². The van der Waals surface area contributed by atoms with Gasteiger partial charge in [-0.1, -0.05) is 31.2 Å². The largest absolute Gasteiger partial charge is 0.359 e. The van der Waals surface area contributed by atoms with E-state index in [1.54, 1.807) is 0 Å². The number of nitrogens with zero attached hydrogens (tertiary/aromatic N) is 1. The zero-order chi connectivity index (χ0) is 24.1. The van der Waals surface area contributed by atoms with Gasteiger partial charge in [-0.3, -0.25) is 4.98 Å². The van der Waals surface area contributed by atoms with Crippen LogP contribution < -0.4 is 4.72 Å². The number of fused-ring (bicyclic) bond motifs is 2. The fraction of sp³-hybridized carbons (Fsp3) is 0.552. The molecule has 1 aromatic carbocycles. The molecule has 5 aliphatic rings. The number of hydrogen-bond acceptors (Lipinski definition) is 4. The number of benzene rings is 1. The van der Waals surface area contributed by atoms with Crippen LogP contribution >= 0.6 is 0 Å². The van der Waals surface area contributed by atoms with E-state index in [2.05, 4.69) is 53.0 Å². The molecule has 5 nitrogen and oxygen atoms in total. The summed E-state index contributed by atoms with van der Waals surface area (Å²) in [5.74, 6) is 0.978. The van der Waals surface area contributed by atoms with Gasteiger partial charge in [-0.2, -0.15) is 0 Å². The maximum Gasteiger partial charge on any atom is 0.208 e. The van der Waals surface area contributed by atoms with Crippen LogP contribution in [0.4, 0.5) is 0 Å². The third-order valence-electron chi connectivity index (χ3n) is 10.1. The Hall–Kier alpha value is -2.02. The van der Waals surface area contributed by atoms with Crippen molar-refractivity contribution in [1.82, 2.24) is 9.71 Å².